The van der Waals surface area contributed by atoms with Gasteiger partial charge >= 0.3 is 11.9 Å². The van der Waals surface area contributed by atoms with Crippen LogP contribution in [0.3, 0.4) is 0 Å². The molecule has 278 valence electrons. The lowest BCUT2D eigenvalue weighted by Crippen LogP contribution is -2.56. The number of ether oxygens (including phenoxy) is 4. The van der Waals surface area contributed by atoms with Gasteiger partial charge in [-0.25, -0.2) is 9.59 Å². The van der Waals surface area contributed by atoms with Crippen LogP contribution in [0, 0.1) is 5.92 Å². The second-order valence-corrected chi connectivity index (χ2v) is 14.1. The highest BCUT2D eigenvalue weighted by molar-refractivity contribution is 5.93. The molecule has 1 aliphatic heterocycles. The third-order valence-electron chi connectivity index (χ3n) is 8.71. The maximum atomic E-state index is 13.8. The van der Waals surface area contributed by atoms with Crippen LogP contribution in [0.25, 0.3) is 0 Å². The summed E-state index contributed by atoms with van der Waals surface area (Å²) in [6.45, 7) is 8.41. The number of hydrogen-bond acceptors (Lipinski definition) is 9. The summed E-state index contributed by atoms with van der Waals surface area (Å²) in [6, 6.07) is 4.62. The molecule has 0 aliphatic carbocycles. The number of phenolic OH excluding ortho intramolecular Hbond substituents is 1. The van der Waals surface area contributed by atoms with E-state index in [1.165, 1.54) is 51.0 Å². The van der Waals surface area contributed by atoms with Gasteiger partial charge in [0.2, 0.25) is 5.91 Å². The van der Waals surface area contributed by atoms with Gasteiger partial charge in [0.05, 0.1) is 19.1 Å². The molecule has 1 heterocycles. The predicted molar refractivity (Wildman–Crippen MR) is 187 cm³/mol. The molecule has 4 N–H and O–H groups in total. The van der Waals surface area contributed by atoms with E-state index in [0.717, 1.165) is 44.9 Å². The molecule has 1 aromatic rings. The Morgan fingerprint density at radius 3 is 2.10 bits per heavy atom. The van der Waals surface area contributed by atoms with Gasteiger partial charge in [0, 0.05) is 39.4 Å². The van der Waals surface area contributed by atoms with Crippen LogP contribution in [-0.4, -0.2) is 83.1 Å². The lowest BCUT2D eigenvalue weighted by atomic mass is 9.82. The van der Waals surface area contributed by atoms with E-state index in [-0.39, 0.29) is 25.2 Å². The minimum absolute atomic E-state index is 0.0272. The van der Waals surface area contributed by atoms with Crippen molar-refractivity contribution < 1.29 is 48.7 Å². The average Bonchev–Trinajstić information content (AvgIpc) is 3.51. The molecule has 3 atom stereocenters. The Balaban J connectivity index is 2.10. The van der Waals surface area contributed by atoms with Gasteiger partial charge in [0.25, 0.3) is 0 Å². The zero-order chi connectivity index (χ0) is 36.3. The molecule has 11 nitrogen and oxygen atoms in total. The fourth-order valence-electron chi connectivity index (χ4n) is 5.95. The molecule has 1 amide bonds. The molecule has 1 fully saturated rings. The molecule has 0 spiro atoms. The van der Waals surface area contributed by atoms with Crippen LogP contribution in [0.4, 0.5) is 0 Å². The van der Waals surface area contributed by atoms with Crippen molar-refractivity contribution in [2.45, 2.75) is 141 Å². The van der Waals surface area contributed by atoms with Crippen molar-refractivity contribution in [1.82, 2.24) is 5.32 Å². The van der Waals surface area contributed by atoms with E-state index in [0.29, 0.717) is 25.2 Å². The summed E-state index contributed by atoms with van der Waals surface area (Å²) in [6.07, 6.45) is 15.0. The van der Waals surface area contributed by atoms with E-state index in [9.17, 15) is 29.7 Å². The van der Waals surface area contributed by atoms with Crippen molar-refractivity contribution in [2.24, 2.45) is 5.92 Å². The first-order chi connectivity index (χ1) is 23.2. The molecule has 0 radical (unpaired) electrons. The molecule has 2 rings (SSSR count). The zero-order valence-electron chi connectivity index (χ0n) is 30.3. The minimum atomic E-state index is -2.32. The maximum absolute atomic E-state index is 13.8. The second kappa shape index (κ2) is 21.3. The first-order valence-electron chi connectivity index (χ1n) is 18.0. The van der Waals surface area contributed by atoms with Crippen molar-refractivity contribution >= 4 is 17.8 Å². The number of carboxylic acid groups (broad SMARTS) is 1. The highest BCUT2D eigenvalue weighted by Crippen LogP contribution is 2.32. The van der Waals surface area contributed by atoms with Gasteiger partial charge in [-0.3, -0.25) is 4.79 Å². The number of hydrogen-bond donors (Lipinski definition) is 4. The average molecular weight is 692 g/mol. The van der Waals surface area contributed by atoms with Crippen molar-refractivity contribution in [3.63, 3.8) is 0 Å². The maximum Gasteiger partial charge on any atom is 0.339 e. The smallest absolute Gasteiger partial charge is 0.339 e. The molecule has 11 heteroatoms. The fraction of sp³-hybridized carbons (Fsp3) is 0.711. The number of carboxylic acids is 1. The zero-order valence-corrected chi connectivity index (χ0v) is 30.3. The molecule has 0 bridgehead atoms. The number of esters is 1. The largest absolute Gasteiger partial charge is 0.508 e. The van der Waals surface area contributed by atoms with E-state index < -0.39 is 46.8 Å². The van der Waals surface area contributed by atoms with Crippen molar-refractivity contribution in [3.05, 3.63) is 42.0 Å². The first-order valence-corrected chi connectivity index (χ1v) is 18.0. The first kappa shape index (κ1) is 42.2. The molecule has 49 heavy (non-hydrogen) atoms. The van der Waals surface area contributed by atoms with Crippen molar-refractivity contribution in [2.75, 3.05) is 26.9 Å². The summed E-state index contributed by atoms with van der Waals surface area (Å²) in [7, 11) is 1.42. The number of aliphatic carboxylic acids is 1. The second-order valence-electron chi connectivity index (χ2n) is 14.1. The van der Waals surface area contributed by atoms with Crippen LogP contribution < -0.4 is 5.32 Å². The molecular weight excluding hydrogens is 630 g/mol. The normalized spacial score (nSPS) is 17.0. The lowest BCUT2D eigenvalue weighted by Gasteiger charge is -2.34. The highest BCUT2D eigenvalue weighted by Gasteiger charge is 2.49. The molecular formula is C38H61NO10. The summed E-state index contributed by atoms with van der Waals surface area (Å²) in [5.74, 6) is -5.00. The van der Waals surface area contributed by atoms with Gasteiger partial charge in [-0.2, -0.15) is 0 Å². The number of carbonyl (C=O) groups excluding carboxylic acids is 2. The standard InChI is InChI=1S/C38H61NO10/c1-6-7-8-12-15-22-37(47-26-27-48-37)23-16-13-10-9-11-14-17-31(38(45,24-25-46-5)35(44)49-36(2,3)4)33(41)39-32(34(42)43)28-29-18-20-30(40)21-19-29/h14,17-21,31-32,40,45H,6-13,15-16,22-28H2,1-5H3,(H,39,41)(H,42,43)/b17-14+/t31-,32+,38+/m1/s1. The number of carbonyl (C=O) groups is 3. The number of unbranched alkanes of at least 4 members (excludes halogenated alkanes) is 8. The van der Waals surface area contributed by atoms with Gasteiger partial charge in [0.1, 0.15) is 17.4 Å². The Kier molecular flexibility index (Phi) is 18.3. The van der Waals surface area contributed by atoms with Gasteiger partial charge < -0.3 is 39.6 Å². The molecule has 0 unspecified atom stereocenters. The van der Waals surface area contributed by atoms with Crippen LogP contribution in [0.15, 0.2) is 36.4 Å². The molecule has 0 aromatic heterocycles. The number of allylic oxidation sites excluding steroid dienone is 1. The third-order valence-corrected chi connectivity index (χ3v) is 8.71. The van der Waals surface area contributed by atoms with Gasteiger partial charge in [-0.05, 0) is 64.2 Å². The summed E-state index contributed by atoms with van der Waals surface area (Å²) in [5, 5.41) is 33.9. The van der Waals surface area contributed by atoms with Crippen LogP contribution in [0.1, 0.15) is 117 Å². The number of benzene rings is 1. The Bertz CT molecular complexity index is 1160. The van der Waals surface area contributed by atoms with Gasteiger partial charge in [-0.1, -0.05) is 69.7 Å². The van der Waals surface area contributed by atoms with E-state index in [1.807, 2.05) is 0 Å². The van der Waals surface area contributed by atoms with Crippen LogP contribution in [0.5, 0.6) is 5.75 Å². The van der Waals surface area contributed by atoms with Crippen molar-refractivity contribution in [3.8, 4) is 5.75 Å². The summed E-state index contributed by atoms with van der Waals surface area (Å²) >= 11 is 0. The van der Waals surface area contributed by atoms with Gasteiger partial charge in [0.15, 0.2) is 11.4 Å². The number of methoxy groups -OCH3 is 1. The number of amides is 1. The van der Waals surface area contributed by atoms with E-state index in [1.54, 1.807) is 39.0 Å². The molecule has 1 aliphatic rings. The Hall–Kier alpha value is -2.99. The van der Waals surface area contributed by atoms with Gasteiger partial charge in [-0.15, -0.1) is 0 Å². The topological polar surface area (TPSA) is 161 Å². The van der Waals surface area contributed by atoms with Crippen LogP contribution in [-0.2, 0) is 39.8 Å². The quantitative estimate of drug-likeness (QED) is 0.0556. The number of phenols is 1. The molecule has 1 saturated heterocycles. The summed E-state index contributed by atoms with van der Waals surface area (Å²) < 4.78 is 22.8. The van der Waals surface area contributed by atoms with Crippen LogP contribution in [0.2, 0.25) is 0 Å². The number of rotatable bonds is 24. The lowest BCUT2D eigenvalue weighted by molar-refractivity contribution is -0.185. The van der Waals surface area contributed by atoms with E-state index in [2.05, 4.69) is 12.2 Å². The number of aromatic hydroxyl groups is 1. The SMILES string of the molecule is CCCCCCCC1(CCCCCC/C=C/[C@H](C(=O)N[C@@H](Cc2ccc(O)cc2)C(=O)O)[C@@](O)(CCOC)C(=O)OC(C)(C)C)OCCO1. The summed E-state index contributed by atoms with van der Waals surface area (Å²) in [4.78, 5) is 39.4. The predicted octanol–water partition coefficient (Wildman–Crippen LogP) is 6.23. The molecule has 0 saturated carbocycles. The number of nitrogens with one attached hydrogen (secondary N) is 1. The fourth-order valence-corrected chi connectivity index (χ4v) is 5.95. The van der Waals surface area contributed by atoms with Crippen molar-refractivity contribution in [1.29, 1.82) is 0 Å². The Morgan fingerprint density at radius 1 is 0.959 bits per heavy atom. The minimum Gasteiger partial charge on any atom is -0.508 e. The third kappa shape index (κ3) is 15.2. The highest BCUT2D eigenvalue weighted by atomic mass is 16.7. The van der Waals surface area contributed by atoms with E-state index in [4.69, 9.17) is 18.9 Å². The monoisotopic (exact) mass is 691 g/mol. The van der Waals surface area contributed by atoms with E-state index >= 15 is 0 Å². The van der Waals surface area contributed by atoms with Crippen LogP contribution >= 0.6 is 0 Å². The molecule has 1 aromatic carbocycles. The Morgan fingerprint density at radius 2 is 1.55 bits per heavy atom. The Labute approximate surface area is 292 Å². The number of aliphatic hydroxyl groups is 1. The summed E-state index contributed by atoms with van der Waals surface area (Å²) in [5.41, 5.74) is -2.70.